The minimum absolute atomic E-state index is 0.0831. The van der Waals surface area contributed by atoms with Crippen LogP contribution in [0.1, 0.15) is 47.3 Å². The molecule has 3 aromatic rings. The number of carbonyl (C=O) groups is 1. The van der Waals surface area contributed by atoms with Gasteiger partial charge in [-0.1, -0.05) is 36.7 Å². The summed E-state index contributed by atoms with van der Waals surface area (Å²) >= 11 is 0. The second-order valence-electron chi connectivity index (χ2n) is 7.85. The molecule has 2 aromatic heterocycles. The fraction of sp³-hybridized carbons (Fsp3) is 0.435. The van der Waals surface area contributed by atoms with Gasteiger partial charge in [-0.3, -0.25) is 9.69 Å². The van der Waals surface area contributed by atoms with Crippen molar-refractivity contribution >= 4 is 5.91 Å². The van der Waals surface area contributed by atoms with Gasteiger partial charge < -0.3 is 9.42 Å². The zero-order chi connectivity index (χ0) is 20.9. The number of hydrogen-bond acceptors (Lipinski definition) is 5. The third kappa shape index (κ3) is 4.46. The molecule has 7 nitrogen and oxygen atoms in total. The SMILES string of the molecule is CCCc1c(C(=O)N2CCCN(Cc3cc(C)on3)CC2)cnn1-c1ccccc1. The molecule has 0 spiro atoms. The largest absolute Gasteiger partial charge is 0.361 e. The number of rotatable bonds is 6. The van der Waals surface area contributed by atoms with Crippen LogP contribution >= 0.6 is 0 Å². The minimum atomic E-state index is 0.0831. The van der Waals surface area contributed by atoms with E-state index in [1.54, 1.807) is 6.20 Å². The molecule has 1 amide bonds. The standard InChI is InChI=1S/C23H29N5O2/c1-3-8-22-21(16-24-28(22)20-9-5-4-6-10-20)23(29)27-12-7-11-26(13-14-27)17-19-15-18(2)30-25-19/h4-6,9-10,15-16H,3,7-8,11-14,17H2,1-2H3. The van der Waals surface area contributed by atoms with Crippen molar-refractivity contribution in [2.75, 3.05) is 26.2 Å². The normalized spacial score (nSPS) is 15.3. The predicted octanol–water partition coefficient (Wildman–Crippen LogP) is 3.47. The Morgan fingerprint density at radius 2 is 1.97 bits per heavy atom. The van der Waals surface area contributed by atoms with Crippen LogP contribution in [0.2, 0.25) is 0 Å². The molecule has 0 saturated carbocycles. The Morgan fingerprint density at radius 3 is 2.70 bits per heavy atom. The summed E-state index contributed by atoms with van der Waals surface area (Å²) in [5.74, 6) is 0.912. The molecule has 0 N–H and O–H groups in total. The zero-order valence-electron chi connectivity index (χ0n) is 17.8. The number of hydrogen-bond donors (Lipinski definition) is 0. The molecule has 158 valence electrons. The summed E-state index contributed by atoms with van der Waals surface area (Å²) in [5.41, 5.74) is 3.65. The molecule has 30 heavy (non-hydrogen) atoms. The van der Waals surface area contributed by atoms with Gasteiger partial charge in [-0.2, -0.15) is 5.10 Å². The average molecular weight is 408 g/mol. The Balaban J connectivity index is 1.48. The van der Waals surface area contributed by atoms with Crippen molar-refractivity contribution in [3.63, 3.8) is 0 Å². The fourth-order valence-electron chi connectivity index (χ4n) is 4.05. The van der Waals surface area contributed by atoms with Gasteiger partial charge in [0, 0.05) is 38.8 Å². The maximum Gasteiger partial charge on any atom is 0.257 e. The maximum absolute atomic E-state index is 13.4. The van der Waals surface area contributed by atoms with Gasteiger partial charge in [-0.05, 0) is 31.9 Å². The lowest BCUT2D eigenvalue weighted by molar-refractivity contribution is 0.0759. The van der Waals surface area contributed by atoms with Gasteiger partial charge >= 0.3 is 0 Å². The fourth-order valence-corrected chi connectivity index (χ4v) is 4.05. The highest BCUT2D eigenvalue weighted by atomic mass is 16.5. The number of benzene rings is 1. The molecule has 0 radical (unpaired) electrons. The van der Waals surface area contributed by atoms with Crippen molar-refractivity contribution in [3.8, 4) is 5.69 Å². The van der Waals surface area contributed by atoms with Crippen LogP contribution in [0, 0.1) is 6.92 Å². The van der Waals surface area contributed by atoms with Gasteiger partial charge in [0.1, 0.15) is 5.76 Å². The summed E-state index contributed by atoms with van der Waals surface area (Å²) in [5, 5.41) is 8.66. The number of para-hydroxylation sites is 1. The van der Waals surface area contributed by atoms with Crippen molar-refractivity contribution in [2.24, 2.45) is 0 Å². The lowest BCUT2D eigenvalue weighted by Crippen LogP contribution is -2.35. The van der Waals surface area contributed by atoms with Gasteiger partial charge in [0.2, 0.25) is 0 Å². The van der Waals surface area contributed by atoms with Crippen molar-refractivity contribution in [1.29, 1.82) is 0 Å². The first-order valence-electron chi connectivity index (χ1n) is 10.7. The monoisotopic (exact) mass is 407 g/mol. The van der Waals surface area contributed by atoms with E-state index in [0.29, 0.717) is 6.54 Å². The molecule has 1 aromatic carbocycles. The molecule has 1 fully saturated rings. The highest BCUT2D eigenvalue weighted by Gasteiger charge is 2.25. The summed E-state index contributed by atoms with van der Waals surface area (Å²) in [7, 11) is 0. The van der Waals surface area contributed by atoms with Crippen LogP contribution < -0.4 is 0 Å². The lowest BCUT2D eigenvalue weighted by Gasteiger charge is -2.21. The molecule has 1 saturated heterocycles. The Hall–Kier alpha value is -2.93. The van der Waals surface area contributed by atoms with Crippen LogP contribution in [0.25, 0.3) is 5.69 Å². The first-order valence-corrected chi connectivity index (χ1v) is 10.7. The summed E-state index contributed by atoms with van der Waals surface area (Å²) in [4.78, 5) is 17.7. The van der Waals surface area contributed by atoms with E-state index in [4.69, 9.17) is 4.52 Å². The van der Waals surface area contributed by atoms with E-state index in [2.05, 4.69) is 22.1 Å². The van der Waals surface area contributed by atoms with Gasteiger partial charge in [0.25, 0.3) is 5.91 Å². The first kappa shape index (κ1) is 20.3. The number of aromatic nitrogens is 3. The van der Waals surface area contributed by atoms with Crippen LogP contribution in [-0.2, 0) is 13.0 Å². The van der Waals surface area contributed by atoms with Gasteiger partial charge in [-0.15, -0.1) is 0 Å². The van der Waals surface area contributed by atoms with Crippen molar-refractivity contribution in [1.82, 2.24) is 24.7 Å². The number of aryl methyl sites for hydroxylation is 1. The van der Waals surface area contributed by atoms with Gasteiger partial charge in [-0.25, -0.2) is 4.68 Å². The number of nitrogens with zero attached hydrogens (tertiary/aromatic N) is 5. The molecular formula is C23H29N5O2. The highest BCUT2D eigenvalue weighted by Crippen LogP contribution is 2.20. The third-order valence-electron chi connectivity index (χ3n) is 5.52. The Kier molecular flexibility index (Phi) is 6.28. The summed E-state index contributed by atoms with van der Waals surface area (Å²) in [6, 6.07) is 12.0. The van der Waals surface area contributed by atoms with Crippen LogP contribution in [0.15, 0.2) is 47.1 Å². The molecule has 4 rings (SSSR count). The smallest absolute Gasteiger partial charge is 0.257 e. The van der Waals surface area contributed by atoms with Gasteiger partial charge in [0.15, 0.2) is 0 Å². The van der Waals surface area contributed by atoms with E-state index in [9.17, 15) is 4.79 Å². The second-order valence-corrected chi connectivity index (χ2v) is 7.85. The third-order valence-corrected chi connectivity index (χ3v) is 5.52. The molecule has 7 heteroatoms. The van der Waals surface area contributed by atoms with Crippen LogP contribution in [0.4, 0.5) is 0 Å². The van der Waals surface area contributed by atoms with E-state index in [0.717, 1.165) is 73.8 Å². The molecular weight excluding hydrogens is 378 g/mol. The average Bonchev–Trinajstić information content (AvgIpc) is 3.28. The van der Waals surface area contributed by atoms with Crippen molar-refractivity contribution in [3.05, 3.63) is 65.3 Å². The summed E-state index contributed by atoms with van der Waals surface area (Å²) in [6.45, 7) is 8.03. The summed E-state index contributed by atoms with van der Waals surface area (Å²) in [6.07, 6.45) is 4.46. The first-order chi connectivity index (χ1) is 14.7. The minimum Gasteiger partial charge on any atom is -0.361 e. The maximum atomic E-state index is 13.4. The van der Waals surface area contributed by atoms with Crippen LogP contribution in [0.5, 0.6) is 0 Å². The molecule has 3 heterocycles. The van der Waals surface area contributed by atoms with E-state index in [1.807, 2.05) is 52.9 Å². The summed E-state index contributed by atoms with van der Waals surface area (Å²) < 4.78 is 7.09. The van der Waals surface area contributed by atoms with E-state index < -0.39 is 0 Å². The molecule has 0 atom stereocenters. The number of carbonyl (C=O) groups excluding carboxylic acids is 1. The zero-order valence-corrected chi connectivity index (χ0v) is 17.8. The second kappa shape index (κ2) is 9.26. The van der Waals surface area contributed by atoms with Gasteiger partial charge in [0.05, 0.1) is 28.8 Å². The molecule has 0 bridgehead atoms. The number of amides is 1. The Bertz CT molecular complexity index is 979. The Morgan fingerprint density at radius 1 is 1.13 bits per heavy atom. The quantitative estimate of drug-likeness (QED) is 0.626. The topological polar surface area (TPSA) is 67.4 Å². The van der Waals surface area contributed by atoms with Crippen LogP contribution in [-0.4, -0.2) is 56.8 Å². The van der Waals surface area contributed by atoms with E-state index in [1.165, 1.54) is 0 Å². The van der Waals surface area contributed by atoms with E-state index >= 15 is 0 Å². The molecule has 0 unspecified atom stereocenters. The predicted molar refractivity (Wildman–Crippen MR) is 115 cm³/mol. The van der Waals surface area contributed by atoms with E-state index in [-0.39, 0.29) is 5.91 Å². The van der Waals surface area contributed by atoms with Crippen LogP contribution in [0.3, 0.4) is 0 Å². The Labute approximate surface area is 177 Å². The molecule has 1 aliphatic heterocycles. The molecule has 0 aliphatic carbocycles. The van der Waals surface area contributed by atoms with Crippen molar-refractivity contribution in [2.45, 2.75) is 39.7 Å². The lowest BCUT2D eigenvalue weighted by atomic mass is 10.1. The highest BCUT2D eigenvalue weighted by molar-refractivity contribution is 5.95. The van der Waals surface area contributed by atoms with Crippen molar-refractivity contribution < 1.29 is 9.32 Å². The molecule has 1 aliphatic rings.